The Balaban J connectivity index is 2.19. The number of aromatic nitrogens is 3. The van der Waals surface area contributed by atoms with E-state index in [0.29, 0.717) is 11.6 Å². The van der Waals surface area contributed by atoms with Crippen LogP contribution in [0.4, 0.5) is 5.82 Å². The zero-order valence-electron chi connectivity index (χ0n) is 9.92. The van der Waals surface area contributed by atoms with Crippen LogP contribution in [0, 0.1) is 5.92 Å². The monoisotopic (exact) mass is 252 g/mol. The number of thiazole rings is 1. The second-order valence-electron chi connectivity index (χ2n) is 4.38. The van der Waals surface area contributed by atoms with Crippen LogP contribution in [0.5, 0.6) is 0 Å². The Kier molecular flexibility index (Phi) is 3.86. The summed E-state index contributed by atoms with van der Waals surface area (Å²) in [5, 5.41) is 12.6. The van der Waals surface area contributed by atoms with Gasteiger partial charge in [0.2, 0.25) is 0 Å². The van der Waals surface area contributed by atoms with E-state index >= 15 is 0 Å². The molecule has 5 nitrogen and oxygen atoms in total. The first kappa shape index (κ1) is 12.2. The van der Waals surface area contributed by atoms with Gasteiger partial charge in [-0.2, -0.15) is 0 Å². The van der Waals surface area contributed by atoms with Crippen molar-refractivity contribution in [3.8, 4) is 0 Å². The lowest BCUT2D eigenvalue weighted by Crippen LogP contribution is -2.26. The number of rotatable bonds is 5. The normalized spacial score (nSPS) is 13.2. The summed E-state index contributed by atoms with van der Waals surface area (Å²) in [5.74, 6) is 1.29. The molecule has 0 saturated heterocycles. The Morgan fingerprint density at radius 3 is 2.88 bits per heavy atom. The molecule has 0 unspecified atom stereocenters. The average Bonchev–Trinajstić information content (AvgIpc) is 2.76. The van der Waals surface area contributed by atoms with E-state index in [1.165, 1.54) is 17.7 Å². The van der Waals surface area contributed by atoms with Gasteiger partial charge in [0.25, 0.3) is 0 Å². The summed E-state index contributed by atoms with van der Waals surface area (Å²) in [6.45, 7) is 4.36. The molecule has 2 aromatic heterocycles. The predicted octanol–water partition coefficient (Wildman–Crippen LogP) is 1.91. The first-order valence-corrected chi connectivity index (χ1v) is 6.50. The van der Waals surface area contributed by atoms with Gasteiger partial charge in [-0.1, -0.05) is 13.8 Å². The van der Waals surface area contributed by atoms with Gasteiger partial charge in [-0.05, 0) is 12.3 Å². The Bertz CT molecular complexity index is 485. The average molecular weight is 252 g/mol. The van der Waals surface area contributed by atoms with Gasteiger partial charge in [0.15, 0.2) is 5.65 Å². The summed E-state index contributed by atoms with van der Waals surface area (Å²) in [6.07, 6.45) is 2.40. The van der Waals surface area contributed by atoms with Crippen LogP contribution in [0.2, 0.25) is 0 Å². The molecule has 2 N–H and O–H groups in total. The summed E-state index contributed by atoms with van der Waals surface area (Å²) in [5.41, 5.74) is 2.45. The fraction of sp³-hybridized carbons (Fsp3) is 0.545. The van der Waals surface area contributed by atoms with Crippen molar-refractivity contribution in [1.29, 1.82) is 0 Å². The van der Waals surface area contributed by atoms with E-state index in [0.717, 1.165) is 16.9 Å². The summed E-state index contributed by atoms with van der Waals surface area (Å²) >= 11 is 1.51. The van der Waals surface area contributed by atoms with Crippen LogP contribution in [0.1, 0.15) is 20.3 Å². The summed E-state index contributed by atoms with van der Waals surface area (Å²) in [6, 6.07) is 0.0233. The highest BCUT2D eigenvalue weighted by Gasteiger charge is 2.13. The predicted molar refractivity (Wildman–Crippen MR) is 69.2 cm³/mol. The molecule has 0 radical (unpaired) electrons. The molecule has 92 valence electrons. The van der Waals surface area contributed by atoms with Crippen LogP contribution in [0.15, 0.2) is 11.8 Å². The maximum atomic E-state index is 9.34. The third kappa shape index (κ3) is 2.89. The number of anilines is 1. The van der Waals surface area contributed by atoms with Crippen LogP contribution in [0.25, 0.3) is 10.3 Å². The molecule has 2 heterocycles. The lowest BCUT2D eigenvalue weighted by molar-refractivity contribution is 0.259. The fourth-order valence-electron chi connectivity index (χ4n) is 1.74. The Morgan fingerprint density at radius 1 is 1.35 bits per heavy atom. The minimum Gasteiger partial charge on any atom is -0.394 e. The lowest BCUT2D eigenvalue weighted by atomic mass is 10.0. The Labute approximate surface area is 104 Å². The first-order valence-electron chi connectivity index (χ1n) is 5.62. The number of fused-ring (bicyclic) bond motifs is 1. The van der Waals surface area contributed by atoms with Gasteiger partial charge >= 0.3 is 0 Å². The third-order valence-electron chi connectivity index (χ3n) is 2.45. The Hall–Kier alpha value is -1.27. The molecule has 0 aliphatic carbocycles. The molecule has 1 atom stereocenters. The number of aliphatic hydroxyl groups is 1. The molecule has 0 spiro atoms. The van der Waals surface area contributed by atoms with Gasteiger partial charge < -0.3 is 10.4 Å². The van der Waals surface area contributed by atoms with Gasteiger partial charge in [0.05, 0.1) is 18.2 Å². The molecule has 2 aromatic rings. The maximum Gasteiger partial charge on any atom is 0.175 e. The fourth-order valence-corrected chi connectivity index (χ4v) is 2.43. The van der Waals surface area contributed by atoms with Crippen molar-refractivity contribution in [2.24, 2.45) is 5.92 Å². The van der Waals surface area contributed by atoms with Crippen LogP contribution in [-0.4, -0.2) is 32.7 Å². The van der Waals surface area contributed by atoms with E-state index in [1.807, 2.05) is 0 Å². The molecule has 17 heavy (non-hydrogen) atoms. The molecule has 0 saturated carbocycles. The summed E-state index contributed by atoms with van der Waals surface area (Å²) < 4.78 is 0.940. The number of hydrogen-bond acceptors (Lipinski definition) is 6. The van der Waals surface area contributed by atoms with Crippen LogP contribution in [-0.2, 0) is 0 Å². The SMILES string of the molecule is CC(C)C[C@H](CO)Nc1ncnc2ncsc12. The molecule has 0 amide bonds. The molecule has 6 heteroatoms. The van der Waals surface area contributed by atoms with E-state index in [1.54, 1.807) is 5.51 Å². The molecule has 0 aromatic carbocycles. The number of nitrogens with zero attached hydrogens (tertiary/aromatic N) is 3. The zero-order chi connectivity index (χ0) is 12.3. The minimum absolute atomic E-state index is 0.0233. The number of nitrogens with one attached hydrogen (secondary N) is 1. The van der Waals surface area contributed by atoms with Gasteiger partial charge in [-0.25, -0.2) is 15.0 Å². The summed E-state index contributed by atoms with van der Waals surface area (Å²) in [7, 11) is 0. The lowest BCUT2D eigenvalue weighted by Gasteiger charge is -2.18. The van der Waals surface area contributed by atoms with Crippen LogP contribution in [0.3, 0.4) is 0 Å². The largest absolute Gasteiger partial charge is 0.394 e. The molecular formula is C11H16N4OS. The van der Waals surface area contributed by atoms with E-state index in [-0.39, 0.29) is 12.6 Å². The van der Waals surface area contributed by atoms with Crippen molar-refractivity contribution >= 4 is 27.5 Å². The topological polar surface area (TPSA) is 70.9 Å². The maximum absolute atomic E-state index is 9.34. The first-order chi connectivity index (χ1) is 8.20. The second-order valence-corrected chi connectivity index (χ2v) is 5.24. The van der Waals surface area contributed by atoms with Gasteiger partial charge in [-0.15, -0.1) is 11.3 Å². The van der Waals surface area contributed by atoms with Crippen molar-refractivity contribution in [2.45, 2.75) is 26.3 Å². The van der Waals surface area contributed by atoms with E-state index < -0.39 is 0 Å². The molecule has 2 rings (SSSR count). The number of aliphatic hydroxyl groups excluding tert-OH is 1. The molecule has 0 bridgehead atoms. The minimum atomic E-state index is 0.0233. The molecular weight excluding hydrogens is 236 g/mol. The quantitative estimate of drug-likeness (QED) is 0.850. The van der Waals surface area contributed by atoms with Crippen molar-refractivity contribution in [2.75, 3.05) is 11.9 Å². The highest BCUT2D eigenvalue weighted by molar-refractivity contribution is 7.17. The Morgan fingerprint density at radius 2 is 2.18 bits per heavy atom. The highest BCUT2D eigenvalue weighted by atomic mass is 32.1. The van der Waals surface area contributed by atoms with Crippen molar-refractivity contribution in [3.63, 3.8) is 0 Å². The molecule has 0 aliphatic rings. The van der Waals surface area contributed by atoms with E-state index in [4.69, 9.17) is 0 Å². The van der Waals surface area contributed by atoms with Crippen LogP contribution < -0.4 is 5.32 Å². The van der Waals surface area contributed by atoms with Gasteiger partial charge in [0.1, 0.15) is 16.8 Å². The van der Waals surface area contributed by atoms with E-state index in [2.05, 4.69) is 34.1 Å². The smallest absolute Gasteiger partial charge is 0.175 e. The number of hydrogen-bond donors (Lipinski definition) is 2. The van der Waals surface area contributed by atoms with Gasteiger partial charge in [-0.3, -0.25) is 0 Å². The van der Waals surface area contributed by atoms with Gasteiger partial charge in [0, 0.05) is 0 Å². The molecule has 0 aliphatic heterocycles. The second kappa shape index (κ2) is 5.37. The van der Waals surface area contributed by atoms with E-state index in [9.17, 15) is 5.11 Å². The van der Waals surface area contributed by atoms with Crippen molar-refractivity contribution in [3.05, 3.63) is 11.8 Å². The summed E-state index contributed by atoms with van der Waals surface area (Å²) in [4.78, 5) is 12.4. The van der Waals surface area contributed by atoms with Crippen molar-refractivity contribution < 1.29 is 5.11 Å². The van der Waals surface area contributed by atoms with Crippen molar-refractivity contribution in [1.82, 2.24) is 15.0 Å². The molecule has 0 fully saturated rings. The standard InChI is InChI=1S/C11H16N4OS/c1-7(2)3-8(4-16)15-11-9-10(12-5-13-11)14-6-17-9/h5-8,16H,3-4H2,1-2H3,(H,12,13,15)/t8-/m1/s1. The highest BCUT2D eigenvalue weighted by Crippen LogP contribution is 2.23. The zero-order valence-corrected chi connectivity index (χ0v) is 10.7. The van der Waals surface area contributed by atoms with Crippen LogP contribution >= 0.6 is 11.3 Å². The third-order valence-corrected chi connectivity index (χ3v) is 3.27.